The van der Waals surface area contributed by atoms with E-state index in [1.54, 1.807) is 0 Å². The van der Waals surface area contributed by atoms with Crippen molar-refractivity contribution in [2.24, 2.45) is 0 Å². The summed E-state index contributed by atoms with van der Waals surface area (Å²) >= 11 is 0. The number of fused-ring (bicyclic) bond motifs is 9. The Morgan fingerprint density at radius 2 is 1.04 bits per heavy atom. The van der Waals surface area contributed by atoms with E-state index in [0.717, 1.165) is 27.6 Å². The molecule has 0 saturated carbocycles. The second-order valence-electron chi connectivity index (χ2n) is 14.9. The molecule has 0 spiro atoms. The van der Waals surface area contributed by atoms with Gasteiger partial charge in [0.05, 0.1) is 11.4 Å². The highest BCUT2D eigenvalue weighted by Crippen LogP contribution is 2.58. The van der Waals surface area contributed by atoms with Crippen LogP contribution in [0.1, 0.15) is 49.9 Å². The van der Waals surface area contributed by atoms with E-state index < -0.39 is 0 Å². The van der Waals surface area contributed by atoms with Gasteiger partial charge in [0.1, 0.15) is 11.2 Å². The largest absolute Gasteiger partial charge is 0.456 e. The van der Waals surface area contributed by atoms with Gasteiger partial charge in [0.25, 0.3) is 0 Å². The fourth-order valence-corrected chi connectivity index (χ4v) is 9.04. The molecule has 10 rings (SSSR count). The Morgan fingerprint density at radius 1 is 0.440 bits per heavy atom. The van der Waals surface area contributed by atoms with Crippen molar-refractivity contribution in [3.63, 3.8) is 0 Å². The van der Waals surface area contributed by atoms with E-state index in [1.807, 2.05) is 12.1 Å². The summed E-state index contributed by atoms with van der Waals surface area (Å²) in [5.74, 6) is 0. The van der Waals surface area contributed by atoms with Gasteiger partial charge in [-0.15, -0.1) is 0 Å². The number of anilines is 3. The monoisotopic (exact) mass is 643 g/mol. The van der Waals surface area contributed by atoms with Gasteiger partial charge in [-0.25, -0.2) is 0 Å². The number of benzene rings is 7. The molecule has 0 bridgehead atoms. The van der Waals surface area contributed by atoms with Crippen LogP contribution in [0.3, 0.4) is 0 Å². The number of rotatable bonds is 4. The molecule has 1 heterocycles. The van der Waals surface area contributed by atoms with E-state index in [4.69, 9.17) is 4.42 Å². The summed E-state index contributed by atoms with van der Waals surface area (Å²) < 4.78 is 6.14. The molecule has 0 radical (unpaired) electrons. The zero-order valence-corrected chi connectivity index (χ0v) is 28.8. The Kier molecular flexibility index (Phi) is 6.01. The van der Waals surface area contributed by atoms with Crippen molar-refractivity contribution in [1.82, 2.24) is 0 Å². The van der Waals surface area contributed by atoms with Crippen LogP contribution in [-0.4, -0.2) is 0 Å². The van der Waals surface area contributed by atoms with E-state index in [1.165, 1.54) is 67.0 Å². The fraction of sp³-hybridized carbons (Fsp3) is 0.125. The van der Waals surface area contributed by atoms with Crippen LogP contribution in [-0.2, 0) is 10.8 Å². The topological polar surface area (TPSA) is 16.4 Å². The number of para-hydroxylation sites is 1. The summed E-state index contributed by atoms with van der Waals surface area (Å²) in [6, 6.07) is 55.6. The molecule has 0 amide bonds. The van der Waals surface area contributed by atoms with E-state index >= 15 is 0 Å². The fourth-order valence-electron chi connectivity index (χ4n) is 9.04. The highest BCUT2D eigenvalue weighted by Gasteiger charge is 2.41. The predicted octanol–water partition coefficient (Wildman–Crippen LogP) is 13.3. The Morgan fingerprint density at radius 3 is 1.86 bits per heavy atom. The molecule has 0 N–H and O–H groups in total. The summed E-state index contributed by atoms with van der Waals surface area (Å²) in [4.78, 5) is 2.53. The normalized spacial score (nSPS) is 14.7. The zero-order chi connectivity index (χ0) is 33.8. The summed E-state index contributed by atoms with van der Waals surface area (Å²) in [5, 5.41) is 2.29. The Hall–Kier alpha value is -5.86. The molecule has 0 atom stereocenters. The number of hydrogen-bond donors (Lipinski definition) is 0. The molecule has 2 heteroatoms. The van der Waals surface area contributed by atoms with E-state index in [2.05, 4.69) is 172 Å². The van der Waals surface area contributed by atoms with Crippen molar-refractivity contribution >= 4 is 39.0 Å². The third-order valence-electron chi connectivity index (χ3n) is 11.5. The van der Waals surface area contributed by atoms with Gasteiger partial charge in [0, 0.05) is 32.9 Å². The number of hydrogen-bond acceptors (Lipinski definition) is 2. The van der Waals surface area contributed by atoms with Gasteiger partial charge in [0.15, 0.2) is 0 Å². The Bertz CT molecular complexity index is 2650. The van der Waals surface area contributed by atoms with Crippen LogP contribution in [0.2, 0.25) is 0 Å². The maximum absolute atomic E-state index is 6.14. The lowest BCUT2D eigenvalue weighted by molar-refractivity contribution is 0.659. The quantitative estimate of drug-likeness (QED) is 0.190. The first-order valence-corrected chi connectivity index (χ1v) is 17.6. The molecule has 0 fully saturated rings. The number of nitrogens with zero attached hydrogens (tertiary/aromatic N) is 1. The zero-order valence-electron chi connectivity index (χ0n) is 28.8. The minimum atomic E-state index is -0.168. The van der Waals surface area contributed by atoms with Crippen molar-refractivity contribution in [1.29, 1.82) is 0 Å². The van der Waals surface area contributed by atoms with Gasteiger partial charge in [-0.05, 0) is 92.5 Å². The van der Waals surface area contributed by atoms with E-state index in [-0.39, 0.29) is 10.8 Å². The average molecular weight is 644 g/mol. The number of furan rings is 1. The third kappa shape index (κ3) is 3.96. The Balaban J connectivity index is 1.19. The SMILES string of the molecule is CC1(C)c2ccccc2-c2c(N(c3ccc(-c4ccc5oc6ccccc6c5c4)cc3)c3cccc4c3C(C)(C)c3ccccc3-4)cccc21. The molecule has 8 aromatic rings. The molecule has 2 aliphatic carbocycles. The van der Waals surface area contributed by atoms with Crippen LogP contribution < -0.4 is 4.90 Å². The van der Waals surface area contributed by atoms with Crippen molar-refractivity contribution in [3.8, 4) is 33.4 Å². The molecule has 1 aromatic heterocycles. The van der Waals surface area contributed by atoms with Crippen molar-refractivity contribution in [2.45, 2.75) is 38.5 Å². The first-order valence-electron chi connectivity index (χ1n) is 17.6. The second-order valence-corrected chi connectivity index (χ2v) is 14.9. The summed E-state index contributed by atoms with van der Waals surface area (Å²) in [7, 11) is 0. The standard InChI is InChI=1S/C48H37NO/c1-47(2)39-18-9-6-15-36(39)45-40(47)19-12-20-41(45)49(42-21-11-16-35-33-13-5-8-17-38(33)48(3,4)46(35)42)32-26-23-30(24-27-32)31-25-28-44-37(29-31)34-14-7-10-22-43(34)50-44/h5-29H,1-4H3. The molecule has 7 aromatic carbocycles. The molecule has 0 unspecified atom stereocenters. The molecule has 2 aliphatic rings. The average Bonchev–Trinajstić information content (AvgIpc) is 3.72. The molecule has 0 saturated heterocycles. The highest BCUT2D eigenvalue weighted by molar-refractivity contribution is 6.06. The van der Waals surface area contributed by atoms with E-state index in [9.17, 15) is 0 Å². The minimum Gasteiger partial charge on any atom is -0.456 e. The van der Waals surface area contributed by atoms with Gasteiger partial charge in [-0.2, -0.15) is 0 Å². The maximum Gasteiger partial charge on any atom is 0.135 e. The summed E-state index contributed by atoms with van der Waals surface area (Å²) in [6.45, 7) is 9.49. The van der Waals surface area contributed by atoms with Crippen LogP contribution >= 0.6 is 0 Å². The van der Waals surface area contributed by atoms with Crippen LogP contribution in [0.25, 0.3) is 55.3 Å². The maximum atomic E-state index is 6.14. The minimum absolute atomic E-state index is 0.0957. The molecule has 50 heavy (non-hydrogen) atoms. The first kappa shape index (κ1) is 29.1. The van der Waals surface area contributed by atoms with Crippen LogP contribution in [0.15, 0.2) is 156 Å². The molecular weight excluding hydrogens is 607 g/mol. The second kappa shape index (κ2) is 10.3. The van der Waals surface area contributed by atoms with Crippen LogP contribution in [0, 0.1) is 0 Å². The lowest BCUT2D eigenvalue weighted by Crippen LogP contribution is -2.21. The van der Waals surface area contributed by atoms with Crippen LogP contribution in [0.5, 0.6) is 0 Å². The molecule has 0 aliphatic heterocycles. The van der Waals surface area contributed by atoms with Crippen molar-refractivity contribution in [3.05, 3.63) is 174 Å². The van der Waals surface area contributed by atoms with Gasteiger partial charge in [-0.3, -0.25) is 0 Å². The third-order valence-corrected chi connectivity index (χ3v) is 11.5. The highest BCUT2D eigenvalue weighted by atomic mass is 16.3. The summed E-state index contributed by atoms with van der Waals surface area (Å²) in [6.07, 6.45) is 0. The van der Waals surface area contributed by atoms with Gasteiger partial charge >= 0.3 is 0 Å². The van der Waals surface area contributed by atoms with Crippen LogP contribution in [0.4, 0.5) is 17.1 Å². The smallest absolute Gasteiger partial charge is 0.135 e. The van der Waals surface area contributed by atoms with Gasteiger partial charge in [0.2, 0.25) is 0 Å². The van der Waals surface area contributed by atoms with Crippen molar-refractivity contribution in [2.75, 3.05) is 4.90 Å². The van der Waals surface area contributed by atoms with Gasteiger partial charge < -0.3 is 9.32 Å². The summed E-state index contributed by atoms with van der Waals surface area (Å²) in [5.41, 5.74) is 18.3. The molecule has 2 nitrogen and oxygen atoms in total. The lowest BCUT2D eigenvalue weighted by atomic mass is 9.81. The molecular formula is C48H37NO. The van der Waals surface area contributed by atoms with E-state index in [0.29, 0.717) is 0 Å². The molecule has 240 valence electrons. The Labute approximate surface area is 293 Å². The van der Waals surface area contributed by atoms with Gasteiger partial charge in [-0.1, -0.05) is 137 Å². The predicted molar refractivity (Wildman–Crippen MR) is 209 cm³/mol. The van der Waals surface area contributed by atoms with Crippen molar-refractivity contribution < 1.29 is 4.42 Å². The first-order chi connectivity index (χ1) is 24.3. The lowest BCUT2D eigenvalue weighted by Gasteiger charge is -2.33.